The predicted molar refractivity (Wildman–Crippen MR) is 120 cm³/mol. The molecule has 12 heteroatoms. The number of aliphatic imine (C=N–C) groups is 3. The number of nitrogens with two attached hydrogens (primary N) is 1. The minimum Gasteiger partial charge on any atom is -0.479 e. The molecule has 4 rings (SSSR count). The molecule has 3 atom stereocenters. The molecular formula is C21H26N8O4. The van der Waals surface area contributed by atoms with Gasteiger partial charge in [0.1, 0.15) is 0 Å². The van der Waals surface area contributed by atoms with Crippen LogP contribution in [0.3, 0.4) is 0 Å². The maximum atomic E-state index is 12.7. The molecule has 3 unspecified atom stereocenters. The van der Waals surface area contributed by atoms with Crippen molar-refractivity contribution in [2.24, 2.45) is 26.6 Å². The van der Waals surface area contributed by atoms with E-state index in [2.05, 4.69) is 35.9 Å². The van der Waals surface area contributed by atoms with Gasteiger partial charge in [-0.1, -0.05) is 6.07 Å². The zero-order valence-electron chi connectivity index (χ0n) is 17.8. The number of carboxylic acid groups (broad SMARTS) is 1. The number of aliphatic carboxylic acids is 1. The van der Waals surface area contributed by atoms with Crippen LogP contribution in [0.4, 0.5) is 0 Å². The third-order valence-electron chi connectivity index (χ3n) is 5.94. The first-order chi connectivity index (χ1) is 15.9. The van der Waals surface area contributed by atoms with E-state index < -0.39 is 24.2 Å². The van der Waals surface area contributed by atoms with Crippen LogP contribution in [0.1, 0.15) is 37.4 Å². The molecule has 2 aliphatic heterocycles. The zero-order valence-corrected chi connectivity index (χ0v) is 17.8. The highest BCUT2D eigenvalue weighted by atomic mass is 16.4. The lowest BCUT2D eigenvalue weighted by atomic mass is 9.85. The SMILES string of the molecule is NC1=NC2N=CC(CNC3CCC(C(=O)NC(C(=O)O)c4ccccn4)CC3)=NC2C(=O)N1. The number of amides is 2. The fraction of sp³-hybridized carbons (Fsp3) is 0.476. The van der Waals surface area contributed by atoms with E-state index in [1.54, 1.807) is 24.4 Å². The number of guanidine groups is 1. The molecular weight excluding hydrogens is 428 g/mol. The minimum absolute atomic E-state index is 0.0469. The molecule has 0 aromatic carbocycles. The molecule has 174 valence electrons. The van der Waals surface area contributed by atoms with Crippen LogP contribution in [0, 0.1) is 5.92 Å². The summed E-state index contributed by atoms with van der Waals surface area (Å²) in [5, 5.41) is 18.0. The van der Waals surface area contributed by atoms with Gasteiger partial charge in [0.05, 0.1) is 11.4 Å². The fourth-order valence-electron chi connectivity index (χ4n) is 4.16. The summed E-state index contributed by atoms with van der Waals surface area (Å²) in [6, 6.07) is 3.26. The predicted octanol–water partition coefficient (Wildman–Crippen LogP) is -0.863. The first-order valence-electron chi connectivity index (χ1n) is 10.8. The van der Waals surface area contributed by atoms with E-state index in [-0.39, 0.29) is 29.7 Å². The maximum absolute atomic E-state index is 12.7. The van der Waals surface area contributed by atoms with Crippen molar-refractivity contribution in [1.29, 1.82) is 0 Å². The Morgan fingerprint density at radius 2 is 2.00 bits per heavy atom. The quantitative estimate of drug-likeness (QED) is 0.355. The van der Waals surface area contributed by atoms with Crippen LogP contribution >= 0.6 is 0 Å². The highest BCUT2D eigenvalue weighted by Gasteiger charge is 2.34. The van der Waals surface area contributed by atoms with Gasteiger partial charge in [-0.2, -0.15) is 0 Å². The Bertz CT molecular complexity index is 1000. The van der Waals surface area contributed by atoms with Gasteiger partial charge in [0, 0.05) is 30.9 Å². The van der Waals surface area contributed by atoms with Gasteiger partial charge in [-0.15, -0.1) is 0 Å². The third-order valence-corrected chi connectivity index (χ3v) is 5.94. The van der Waals surface area contributed by atoms with Crippen molar-refractivity contribution in [3.63, 3.8) is 0 Å². The van der Waals surface area contributed by atoms with Gasteiger partial charge in [0.15, 0.2) is 24.2 Å². The standard InChI is InChI=1S/C21H26N8O4/c22-21-28-17-16(19(31)29-21)26-13(10-25-17)9-24-12-6-4-11(5-7-12)18(30)27-15(20(32)33)14-3-1-2-8-23-14/h1-3,8,10-12,15-17,24H,4-7,9H2,(H,27,30)(H,32,33)(H3,22,28,29,31). The summed E-state index contributed by atoms with van der Waals surface area (Å²) in [6.07, 6.45) is 5.29. The summed E-state index contributed by atoms with van der Waals surface area (Å²) in [6.45, 7) is 0.446. The van der Waals surface area contributed by atoms with Crippen molar-refractivity contribution >= 4 is 35.7 Å². The Morgan fingerprint density at radius 3 is 2.70 bits per heavy atom. The van der Waals surface area contributed by atoms with E-state index in [9.17, 15) is 19.5 Å². The second-order valence-corrected chi connectivity index (χ2v) is 8.22. The van der Waals surface area contributed by atoms with Gasteiger partial charge in [-0.05, 0) is 37.8 Å². The van der Waals surface area contributed by atoms with Crippen LogP contribution in [0.5, 0.6) is 0 Å². The number of aromatic nitrogens is 1. The lowest BCUT2D eigenvalue weighted by Crippen LogP contribution is -2.53. The summed E-state index contributed by atoms with van der Waals surface area (Å²) < 4.78 is 0. The Balaban J connectivity index is 1.25. The van der Waals surface area contributed by atoms with Gasteiger partial charge in [0.25, 0.3) is 5.91 Å². The fourth-order valence-corrected chi connectivity index (χ4v) is 4.16. The summed E-state index contributed by atoms with van der Waals surface area (Å²) in [5.74, 6) is -1.94. The number of carboxylic acids is 1. The van der Waals surface area contributed by atoms with Crippen molar-refractivity contribution in [2.45, 2.75) is 50.0 Å². The summed E-state index contributed by atoms with van der Waals surface area (Å²) >= 11 is 0. The van der Waals surface area contributed by atoms with Gasteiger partial charge >= 0.3 is 5.97 Å². The molecule has 0 saturated heterocycles. The molecule has 1 saturated carbocycles. The number of carbonyl (C=O) groups excluding carboxylic acids is 2. The van der Waals surface area contributed by atoms with Gasteiger partial charge in [-0.3, -0.25) is 29.9 Å². The number of rotatable bonds is 7. The molecule has 1 aromatic heterocycles. The third kappa shape index (κ3) is 5.40. The number of pyridine rings is 1. The summed E-state index contributed by atoms with van der Waals surface area (Å²) in [4.78, 5) is 53.1. The van der Waals surface area contributed by atoms with Gasteiger partial charge < -0.3 is 21.5 Å². The second-order valence-electron chi connectivity index (χ2n) is 8.22. The molecule has 33 heavy (non-hydrogen) atoms. The van der Waals surface area contributed by atoms with E-state index in [4.69, 9.17) is 5.73 Å². The van der Waals surface area contributed by atoms with Crippen LogP contribution in [0.2, 0.25) is 0 Å². The number of carbonyl (C=O) groups is 3. The van der Waals surface area contributed by atoms with E-state index >= 15 is 0 Å². The van der Waals surface area contributed by atoms with Crippen molar-refractivity contribution in [3.8, 4) is 0 Å². The Labute approximate surface area is 189 Å². The van der Waals surface area contributed by atoms with E-state index in [0.29, 0.717) is 30.8 Å². The number of hydrogen-bond donors (Lipinski definition) is 5. The van der Waals surface area contributed by atoms with Crippen molar-refractivity contribution in [2.75, 3.05) is 6.54 Å². The highest BCUT2D eigenvalue weighted by Crippen LogP contribution is 2.25. The average molecular weight is 454 g/mol. The van der Waals surface area contributed by atoms with Gasteiger partial charge in [0.2, 0.25) is 5.91 Å². The summed E-state index contributed by atoms with van der Waals surface area (Å²) in [5.41, 5.74) is 6.50. The van der Waals surface area contributed by atoms with Crippen LogP contribution in [0.15, 0.2) is 39.4 Å². The molecule has 0 radical (unpaired) electrons. The molecule has 2 amide bonds. The van der Waals surface area contributed by atoms with Crippen LogP contribution < -0.4 is 21.7 Å². The van der Waals surface area contributed by atoms with E-state index in [0.717, 1.165) is 12.8 Å². The first-order valence-corrected chi connectivity index (χ1v) is 10.8. The Kier molecular flexibility index (Phi) is 6.73. The zero-order chi connectivity index (χ0) is 23.4. The number of nitrogens with one attached hydrogen (secondary N) is 3. The second kappa shape index (κ2) is 9.86. The molecule has 3 aliphatic rings. The van der Waals surface area contributed by atoms with Crippen LogP contribution in [-0.2, 0) is 14.4 Å². The Hall–Kier alpha value is -3.67. The number of nitrogens with zero attached hydrogens (tertiary/aromatic N) is 4. The van der Waals surface area contributed by atoms with Gasteiger partial charge in [-0.25, -0.2) is 9.79 Å². The molecule has 1 aromatic rings. The highest BCUT2D eigenvalue weighted by molar-refractivity contribution is 6.32. The Morgan fingerprint density at radius 1 is 1.21 bits per heavy atom. The van der Waals surface area contributed by atoms with Crippen LogP contribution in [0.25, 0.3) is 0 Å². The lowest BCUT2D eigenvalue weighted by Gasteiger charge is -2.30. The molecule has 1 aliphatic carbocycles. The topological polar surface area (TPSA) is 184 Å². The molecule has 1 fully saturated rings. The number of fused-ring (bicyclic) bond motifs is 1. The largest absolute Gasteiger partial charge is 0.479 e. The summed E-state index contributed by atoms with van der Waals surface area (Å²) in [7, 11) is 0. The average Bonchev–Trinajstić information content (AvgIpc) is 2.82. The maximum Gasteiger partial charge on any atom is 0.332 e. The molecule has 6 N–H and O–H groups in total. The lowest BCUT2D eigenvalue weighted by molar-refractivity contribution is -0.143. The van der Waals surface area contributed by atoms with Crippen LogP contribution in [-0.4, -0.2) is 70.6 Å². The smallest absolute Gasteiger partial charge is 0.332 e. The minimum atomic E-state index is -1.17. The van der Waals surface area contributed by atoms with Crippen molar-refractivity contribution in [1.82, 2.24) is 20.9 Å². The molecule has 0 bridgehead atoms. The van der Waals surface area contributed by atoms with E-state index in [1.807, 2.05) is 0 Å². The monoisotopic (exact) mass is 454 g/mol. The first kappa shape index (κ1) is 22.5. The van der Waals surface area contributed by atoms with E-state index in [1.165, 1.54) is 6.20 Å². The van der Waals surface area contributed by atoms with Crippen molar-refractivity contribution in [3.05, 3.63) is 30.1 Å². The number of hydrogen-bond acceptors (Lipinski definition) is 9. The van der Waals surface area contributed by atoms with Crippen molar-refractivity contribution < 1.29 is 19.5 Å². The normalized spacial score (nSPS) is 27.5. The molecule has 3 heterocycles. The molecule has 12 nitrogen and oxygen atoms in total. The molecule has 0 spiro atoms.